The number of anilines is 1. The number of carbonyl (C=O) groups is 1. The monoisotopic (exact) mass is 374 g/mol. The predicted molar refractivity (Wildman–Crippen MR) is 108 cm³/mol. The van der Waals surface area contributed by atoms with E-state index in [4.69, 9.17) is 0 Å². The van der Waals surface area contributed by atoms with E-state index in [-0.39, 0.29) is 11.4 Å². The van der Waals surface area contributed by atoms with Gasteiger partial charge in [-0.3, -0.25) is 9.69 Å². The standard InChI is InChI=1S/C23H26N4O/c1-2-6-20-19-10-16-9-17(11-19)13-23(20,12-16)27(22-25-14-24-15-26-22)21(28)18-7-4-3-5-8-18/h2-5,7-8,14-17,19-20H,1,6,9-13H2. The molecule has 3 unspecified atom stereocenters. The highest BCUT2D eigenvalue weighted by atomic mass is 16.2. The van der Waals surface area contributed by atoms with Gasteiger partial charge in [0, 0.05) is 5.56 Å². The molecule has 0 spiro atoms. The number of carbonyl (C=O) groups excluding carboxylic acids is 1. The van der Waals surface area contributed by atoms with Crippen LogP contribution < -0.4 is 4.90 Å². The van der Waals surface area contributed by atoms with E-state index in [0.29, 0.717) is 35.2 Å². The van der Waals surface area contributed by atoms with Crippen molar-refractivity contribution < 1.29 is 4.79 Å². The number of nitrogens with zero attached hydrogens (tertiary/aromatic N) is 4. The summed E-state index contributed by atoms with van der Waals surface area (Å²) in [6, 6.07) is 9.55. The first-order chi connectivity index (χ1) is 13.7. The third-order valence-corrected chi connectivity index (χ3v) is 7.25. The van der Waals surface area contributed by atoms with Crippen LogP contribution in [0.3, 0.4) is 0 Å². The molecule has 4 saturated carbocycles. The Morgan fingerprint density at radius 1 is 1.11 bits per heavy atom. The van der Waals surface area contributed by atoms with Crippen LogP contribution in [0.2, 0.25) is 0 Å². The molecule has 5 heteroatoms. The first-order valence-corrected chi connectivity index (χ1v) is 10.3. The lowest BCUT2D eigenvalue weighted by molar-refractivity contribution is -0.0558. The zero-order valence-electron chi connectivity index (χ0n) is 16.1. The average Bonchev–Trinajstić information content (AvgIpc) is 2.72. The summed E-state index contributed by atoms with van der Waals surface area (Å²) in [7, 11) is 0. The highest BCUT2D eigenvalue weighted by Gasteiger charge is 2.60. The Bertz CT molecular complexity index is 855. The fraction of sp³-hybridized carbons (Fsp3) is 0.478. The summed E-state index contributed by atoms with van der Waals surface area (Å²) in [6.07, 6.45) is 12.0. The maximum atomic E-state index is 13.8. The molecule has 1 aromatic heterocycles. The summed E-state index contributed by atoms with van der Waals surface area (Å²) < 4.78 is 0. The Morgan fingerprint density at radius 2 is 1.79 bits per heavy atom. The molecule has 4 fully saturated rings. The van der Waals surface area contributed by atoms with Gasteiger partial charge in [0.25, 0.3) is 5.91 Å². The van der Waals surface area contributed by atoms with Crippen molar-refractivity contribution in [2.24, 2.45) is 23.7 Å². The van der Waals surface area contributed by atoms with Crippen LogP contribution in [0.1, 0.15) is 48.9 Å². The third kappa shape index (κ3) is 2.67. The van der Waals surface area contributed by atoms with Gasteiger partial charge in [-0.1, -0.05) is 24.3 Å². The molecule has 4 bridgehead atoms. The largest absolute Gasteiger partial charge is 0.270 e. The van der Waals surface area contributed by atoms with Gasteiger partial charge in [0.05, 0.1) is 5.54 Å². The van der Waals surface area contributed by atoms with Crippen molar-refractivity contribution in [3.05, 3.63) is 61.2 Å². The lowest BCUT2D eigenvalue weighted by Gasteiger charge is -2.64. The fourth-order valence-corrected chi connectivity index (χ4v) is 6.59. The van der Waals surface area contributed by atoms with Crippen molar-refractivity contribution in [3.63, 3.8) is 0 Å². The minimum Gasteiger partial charge on any atom is -0.270 e. The molecule has 1 amide bonds. The highest BCUT2D eigenvalue weighted by Crippen LogP contribution is 2.62. The van der Waals surface area contributed by atoms with Gasteiger partial charge in [0.15, 0.2) is 0 Å². The number of benzene rings is 1. The van der Waals surface area contributed by atoms with Crippen molar-refractivity contribution >= 4 is 11.9 Å². The highest BCUT2D eigenvalue weighted by molar-refractivity contribution is 6.06. The van der Waals surface area contributed by atoms with Gasteiger partial charge in [-0.05, 0) is 74.3 Å². The molecule has 4 aliphatic rings. The van der Waals surface area contributed by atoms with Crippen LogP contribution in [0.5, 0.6) is 0 Å². The maximum absolute atomic E-state index is 13.8. The van der Waals surface area contributed by atoms with E-state index in [1.54, 1.807) is 0 Å². The second kappa shape index (κ2) is 6.80. The van der Waals surface area contributed by atoms with Crippen molar-refractivity contribution in [3.8, 4) is 0 Å². The normalized spacial score (nSPS) is 32.9. The Kier molecular flexibility index (Phi) is 4.26. The van der Waals surface area contributed by atoms with E-state index in [1.165, 1.54) is 31.9 Å². The van der Waals surface area contributed by atoms with Crippen LogP contribution in [-0.4, -0.2) is 26.4 Å². The molecule has 5 nitrogen and oxygen atoms in total. The first-order valence-electron chi connectivity index (χ1n) is 10.3. The molecule has 1 aromatic carbocycles. The summed E-state index contributed by atoms with van der Waals surface area (Å²) in [5.74, 6) is 2.97. The second-order valence-corrected chi connectivity index (χ2v) is 8.79. The van der Waals surface area contributed by atoms with Crippen LogP contribution in [0.25, 0.3) is 0 Å². The number of aromatic nitrogens is 3. The summed E-state index contributed by atoms with van der Waals surface area (Å²) >= 11 is 0. The van der Waals surface area contributed by atoms with Gasteiger partial charge >= 0.3 is 0 Å². The third-order valence-electron chi connectivity index (χ3n) is 7.25. The summed E-state index contributed by atoms with van der Waals surface area (Å²) in [6.45, 7) is 4.03. The zero-order valence-corrected chi connectivity index (χ0v) is 16.1. The summed E-state index contributed by atoms with van der Waals surface area (Å²) in [5.41, 5.74) is 0.466. The van der Waals surface area contributed by atoms with Gasteiger partial charge in [-0.2, -0.15) is 0 Å². The molecule has 4 aliphatic carbocycles. The molecule has 3 atom stereocenters. The quantitative estimate of drug-likeness (QED) is 0.733. The van der Waals surface area contributed by atoms with E-state index in [2.05, 4.69) is 21.5 Å². The number of allylic oxidation sites excluding steroid dienone is 1. The summed E-state index contributed by atoms with van der Waals surface area (Å²) in [4.78, 5) is 28.6. The molecule has 144 valence electrons. The Balaban J connectivity index is 1.65. The van der Waals surface area contributed by atoms with E-state index in [9.17, 15) is 4.79 Å². The van der Waals surface area contributed by atoms with Gasteiger partial charge in [0.1, 0.15) is 12.7 Å². The molecule has 2 aromatic rings. The van der Waals surface area contributed by atoms with E-state index >= 15 is 0 Å². The van der Waals surface area contributed by atoms with E-state index in [0.717, 1.165) is 19.3 Å². The molecule has 1 heterocycles. The smallest absolute Gasteiger partial charge is 0.261 e. The van der Waals surface area contributed by atoms with Gasteiger partial charge in [0.2, 0.25) is 5.95 Å². The number of rotatable bonds is 5. The lowest BCUT2D eigenvalue weighted by Crippen LogP contribution is -2.67. The van der Waals surface area contributed by atoms with Crippen LogP contribution in [0.4, 0.5) is 5.95 Å². The fourth-order valence-electron chi connectivity index (χ4n) is 6.59. The molecule has 0 radical (unpaired) electrons. The van der Waals surface area contributed by atoms with Crippen LogP contribution in [0.15, 0.2) is 55.6 Å². The molecule has 6 rings (SSSR count). The molecular formula is C23H26N4O. The van der Waals surface area contributed by atoms with E-state index in [1.807, 2.05) is 41.3 Å². The minimum atomic E-state index is -0.225. The van der Waals surface area contributed by atoms with Crippen molar-refractivity contribution in [2.75, 3.05) is 4.90 Å². The first kappa shape index (κ1) is 17.5. The Labute approximate surface area is 165 Å². The SMILES string of the molecule is C=CCC1C2CC3CC(C2)CC1(N(C(=O)c1ccccc1)c1ncncn1)C3. The van der Waals surface area contributed by atoms with E-state index < -0.39 is 0 Å². The van der Waals surface area contributed by atoms with Crippen LogP contribution in [-0.2, 0) is 0 Å². The average molecular weight is 374 g/mol. The number of hydrogen-bond acceptors (Lipinski definition) is 4. The molecule has 0 aliphatic heterocycles. The van der Waals surface area contributed by atoms with Crippen molar-refractivity contribution in [1.82, 2.24) is 15.0 Å². The van der Waals surface area contributed by atoms with Crippen molar-refractivity contribution in [1.29, 1.82) is 0 Å². The van der Waals surface area contributed by atoms with Gasteiger partial charge in [-0.25, -0.2) is 15.0 Å². The Morgan fingerprint density at radius 3 is 2.43 bits per heavy atom. The topological polar surface area (TPSA) is 59.0 Å². The Hall–Kier alpha value is -2.56. The summed E-state index contributed by atoms with van der Waals surface area (Å²) in [5, 5.41) is 0. The lowest BCUT2D eigenvalue weighted by atomic mass is 9.47. The zero-order chi connectivity index (χ0) is 19.1. The van der Waals surface area contributed by atoms with Gasteiger partial charge < -0.3 is 0 Å². The number of amides is 1. The van der Waals surface area contributed by atoms with Crippen molar-refractivity contribution in [2.45, 2.75) is 44.1 Å². The minimum absolute atomic E-state index is 0.00260. The molecule has 28 heavy (non-hydrogen) atoms. The molecule has 0 N–H and O–H groups in total. The second-order valence-electron chi connectivity index (χ2n) is 8.79. The van der Waals surface area contributed by atoms with Gasteiger partial charge in [-0.15, -0.1) is 6.58 Å². The van der Waals surface area contributed by atoms with Crippen LogP contribution in [0, 0.1) is 23.7 Å². The predicted octanol–water partition coefficient (Wildman–Crippen LogP) is 4.29. The maximum Gasteiger partial charge on any atom is 0.261 e. The number of hydrogen-bond donors (Lipinski definition) is 0. The molecular weight excluding hydrogens is 348 g/mol. The molecule has 0 saturated heterocycles. The van der Waals surface area contributed by atoms with Crippen LogP contribution >= 0.6 is 0 Å².